The topological polar surface area (TPSA) is 46.5 Å². The summed E-state index contributed by atoms with van der Waals surface area (Å²) in [4.78, 5) is 10.2. The standard InChI is InChI=1S/C6H9FO3/c7-4-1-2-5(6(8)9)10-3-4/h4-5H,1-3H2,(H,8,9)/t4-,5-/m1/s1. The highest BCUT2D eigenvalue weighted by molar-refractivity contribution is 5.72. The summed E-state index contributed by atoms with van der Waals surface area (Å²) >= 11 is 0. The Morgan fingerprint density at radius 1 is 1.60 bits per heavy atom. The molecule has 0 radical (unpaired) electrons. The molecule has 1 saturated heterocycles. The van der Waals surface area contributed by atoms with Gasteiger partial charge in [0.15, 0.2) is 6.10 Å². The van der Waals surface area contributed by atoms with E-state index < -0.39 is 18.2 Å². The molecular formula is C6H9FO3. The van der Waals surface area contributed by atoms with Crippen LogP contribution in [-0.2, 0) is 9.53 Å². The van der Waals surface area contributed by atoms with E-state index in [1.807, 2.05) is 0 Å². The fraction of sp³-hybridized carbons (Fsp3) is 0.833. The number of hydrogen-bond acceptors (Lipinski definition) is 2. The summed E-state index contributed by atoms with van der Waals surface area (Å²) in [6.45, 7) is -0.0725. The molecular weight excluding hydrogens is 139 g/mol. The lowest BCUT2D eigenvalue weighted by Crippen LogP contribution is -2.32. The molecule has 1 fully saturated rings. The molecule has 0 spiro atoms. The summed E-state index contributed by atoms with van der Waals surface area (Å²) in [7, 11) is 0. The van der Waals surface area contributed by atoms with Gasteiger partial charge in [0.2, 0.25) is 0 Å². The molecule has 0 aromatic carbocycles. The largest absolute Gasteiger partial charge is 0.479 e. The van der Waals surface area contributed by atoms with Gasteiger partial charge in [-0.2, -0.15) is 0 Å². The van der Waals surface area contributed by atoms with Gasteiger partial charge in [0.05, 0.1) is 6.61 Å². The average molecular weight is 148 g/mol. The van der Waals surface area contributed by atoms with Crippen LogP contribution in [0.3, 0.4) is 0 Å². The van der Waals surface area contributed by atoms with Crippen molar-refractivity contribution >= 4 is 5.97 Å². The van der Waals surface area contributed by atoms with Crippen molar-refractivity contribution in [2.45, 2.75) is 25.1 Å². The first kappa shape index (κ1) is 7.47. The van der Waals surface area contributed by atoms with Gasteiger partial charge in [-0.25, -0.2) is 9.18 Å². The Balaban J connectivity index is 2.33. The fourth-order valence-electron chi connectivity index (χ4n) is 0.914. The minimum Gasteiger partial charge on any atom is -0.479 e. The van der Waals surface area contributed by atoms with Gasteiger partial charge >= 0.3 is 5.97 Å². The molecule has 0 bridgehead atoms. The maximum Gasteiger partial charge on any atom is 0.332 e. The Hall–Kier alpha value is -0.640. The van der Waals surface area contributed by atoms with Crippen LogP contribution in [0.4, 0.5) is 4.39 Å². The van der Waals surface area contributed by atoms with Crippen molar-refractivity contribution in [3.8, 4) is 0 Å². The van der Waals surface area contributed by atoms with E-state index in [1.165, 1.54) is 0 Å². The maximum atomic E-state index is 12.3. The SMILES string of the molecule is O=C(O)[C@H]1CC[C@@H](F)CO1. The van der Waals surface area contributed by atoms with Crippen LogP contribution in [-0.4, -0.2) is 30.0 Å². The summed E-state index contributed by atoms with van der Waals surface area (Å²) in [5, 5.41) is 8.38. The van der Waals surface area contributed by atoms with Gasteiger partial charge < -0.3 is 9.84 Å². The van der Waals surface area contributed by atoms with Gasteiger partial charge in [0.1, 0.15) is 6.17 Å². The quantitative estimate of drug-likeness (QED) is 0.591. The Bertz CT molecular complexity index is 129. The maximum absolute atomic E-state index is 12.3. The van der Waals surface area contributed by atoms with E-state index in [4.69, 9.17) is 5.11 Å². The molecule has 10 heavy (non-hydrogen) atoms. The van der Waals surface area contributed by atoms with Crippen molar-refractivity contribution in [2.24, 2.45) is 0 Å². The van der Waals surface area contributed by atoms with E-state index in [9.17, 15) is 9.18 Å². The molecule has 1 N–H and O–H groups in total. The molecule has 4 heteroatoms. The van der Waals surface area contributed by atoms with Crippen molar-refractivity contribution in [1.29, 1.82) is 0 Å². The summed E-state index contributed by atoms with van der Waals surface area (Å²) < 4.78 is 17.0. The molecule has 0 amide bonds. The predicted molar refractivity (Wildman–Crippen MR) is 31.5 cm³/mol. The molecule has 2 atom stereocenters. The van der Waals surface area contributed by atoms with E-state index in [-0.39, 0.29) is 13.0 Å². The normalized spacial score (nSPS) is 33.7. The lowest BCUT2D eigenvalue weighted by molar-refractivity contribution is -0.155. The van der Waals surface area contributed by atoms with Crippen molar-refractivity contribution in [3.63, 3.8) is 0 Å². The number of carboxylic acids is 1. The first-order valence-electron chi connectivity index (χ1n) is 3.18. The fourth-order valence-corrected chi connectivity index (χ4v) is 0.914. The number of aliphatic carboxylic acids is 1. The van der Waals surface area contributed by atoms with Gasteiger partial charge in [-0.05, 0) is 12.8 Å². The Kier molecular flexibility index (Phi) is 2.21. The first-order chi connectivity index (χ1) is 4.70. The zero-order chi connectivity index (χ0) is 7.56. The summed E-state index contributed by atoms with van der Waals surface area (Å²) in [5.41, 5.74) is 0. The second-order valence-corrected chi connectivity index (χ2v) is 2.33. The predicted octanol–water partition coefficient (Wildman–Crippen LogP) is 0.588. The Morgan fingerprint density at radius 3 is 2.70 bits per heavy atom. The Labute approximate surface area is 57.8 Å². The first-order valence-corrected chi connectivity index (χ1v) is 3.18. The zero-order valence-electron chi connectivity index (χ0n) is 5.42. The highest BCUT2D eigenvalue weighted by Crippen LogP contribution is 2.15. The van der Waals surface area contributed by atoms with Gasteiger partial charge in [0.25, 0.3) is 0 Å². The van der Waals surface area contributed by atoms with Crippen LogP contribution in [0, 0.1) is 0 Å². The number of alkyl halides is 1. The minimum absolute atomic E-state index is 0.0725. The van der Waals surface area contributed by atoms with Crippen molar-refractivity contribution in [3.05, 3.63) is 0 Å². The smallest absolute Gasteiger partial charge is 0.332 e. The number of rotatable bonds is 1. The van der Waals surface area contributed by atoms with Gasteiger partial charge in [-0.1, -0.05) is 0 Å². The summed E-state index contributed by atoms with van der Waals surface area (Å²) in [5.74, 6) is -0.994. The molecule has 0 aromatic heterocycles. The second-order valence-electron chi connectivity index (χ2n) is 2.33. The number of ether oxygens (including phenoxy) is 1. The van der Waals surface area contributed by atoms with Gasteiger partial charge in [-0.3, -0.25) is 0 Å². The van der Waals surface area contributed by atoms with Gasteiger partial charge in [0, 0.05) is 0 Å². The van der Waals surface area contributed by atoms with E-state index in [1.54, 1.807) is 0 Å². The van der Waals surface area contributed by atoms with Crippen LogP contribution in [0.15, 0.2) is 0 Å². The number of halogens is 1. The van der Waals surface area contributed by atoms with Crippen LogP contribution < -0.4 is 0 Å². The molecule has 1 heterocycles. The third-order valence-corrected chi connectivity index (χ3v) is 1.50. The third-order valence-electron chi connectivity index (χ3n) is 1.50. The van der Waals surface area contributed by atoms with Crippen LogP contribution in [0.1, 0.15) is 12.8 Å². The highest BCUT2D eigenvalue weighted by Gasteiger charge is 2.25. The number of hydrogen-bond donors (Lipinski definition) is 1. The van der Waals surface area contributed by atoms with Crippen molar-refractivity contribution in [2.75, 3.05) is 6.61 Å². The van der Waals surface area contributed by atoms with Crippen molar-refractivity contribution in [1.82, 2.24) is 0 Å². The molecule has 0 unspecified atom stereocenters. The third kappa shape index (κ3) is 1.67. The number of carbonyl (C=O) groups is 1. The van der Waals surface area contributed by atoms with Gasteiger partial charge in [-0.15, -0.1) is 0 Å². The molecule has 0 aromatic rings. The summed E-state index contributed by atoms with van der Waals surface area (Å²) in [6.07, 6.45) is -1.17. The molecule has 3 nitrogen and oxygen atoms in total. The van der Waals surface area contributed by atoms with E-state index in [0.717, 1.165) is 0 Å². The van der Waals surface area contributed by atoms with Crippen LogP contribution in [0.2, 0.25) is 0 Å². The summed E-state index contributed by atoms with van der Waals surface area (Å²) in [6, 6.07) is 0. The minimum atomic E-state index is -0.994. The van der Waals surface area contributed by atoms with Crippen LogP contribution in [0.25, 0.3) is 0 Å². The lowest BCUT2D eigenvalue weighted by Gasteiger charge is -2.21. The second kappa shape index (κ2) is 2.96. The zero-order valence-corrected chi connectivity index (χ0v) is 5.42. The van der Waals surface area contributed by atoms with Crippen molar-refractivity contribution < 1.29 is 19.0 Å². The molecule has 0 aliphatic carbocycles. The number of carboxylic acid groups (broad SMARTS) is 1. The van der Waals surface area contributed by atoms with E-state index in [2.05, 4.69) is 4.74 Å². The Morgan fingerprint density at radius 2 is 2.30 bits per heavy atom. The molecule has 1 aliphatic rings. The van der Waals surface area contributed by atoms with E-state index >= 15 is 0 Å². The molecule has 1 aliphatic heterocycles. The van der Waals surface area contributed by atoms with Crippen LogP contribution in [0.5, 0.6) is 0 Å². The molecule has 58 valence electrons. The van der Waals surface area contributed by atoms with E-state index in [0.29, 0.717) is 6.42 Å². The highest BCUT2D eigenvalue weighted by atomic mass is 19.1. The average Bonchev–Trinajstić information content (AvgIpc) is 1.88. The molecule has 0 saturated carbocycles. The van der Waals surface area contributed by atoms with Crippen LogP contribution >= 0.6 is 0 Å². The molecule has 1 rings (SSSR count). The lowest BCUT2D eigenvalue weighted by atomic mass is 10.1. The monoisotopic (exact) mass is 148 g/mol.